The van der Waals surface area contributed by atoms with Crippen LogP contribution in [0.3, 0.4) is 0 Å². The lowest BCUT2D eigenvalue weighted by Crippen LogP contribution is -2.56. The highest BCUT2D eigenvalue weighted by Gasteiger charge is 2.54. The molecule has 2 heterocycles. The van der Waals surface area contributed by atoms with E-state index in [4.69, 9.17) is 0 Å². The Balaban J connectivity index is 1.23. The molecule has 2 fully saturated rings. The molecule has 0 bridgehead atoms. The number of aromatic nitrogens is 3. The number of benzene rings is 1. The number of hydrogen-bond acceptors (Lipinski definition) is 4. The molecular formula is C22H22N4O3. The average Bonchev–Trinajstić information content (AvgIpc) is 2.63. The van der Waals surface area contributed by atoms with Crippen LogP contribution in [0.15, 0.2) is 46.0 Å². The molecule has 5 rings (SSSR count). The van der Waals surface area contributed by atoms with Crippen molar-refractivity contribution in [3.05, 3.63) is 74.1 Å². The number of amides is 1. The molecule has 2 aliphatic rings. The van der Waals surface area contributed by atoms with Crippen molar-refractivity contribution in [2.24, 2.45) is 5.41 Å². The Morgan fingerprint density at radius 3 is 2.48 bits per heavy atom. The second-order valence-corrected chi connectivity index (χ2v) is 8.55. The van der Waals surface area contributed by atoms with Gasteiger partial charge in [0.15, 0.2) is 0 Å². The van der Waals surface area contributed by atoms with Crippen molar-refractivity contribution in [3.63, 3.8) is 0 Å². The van der Waals surface area contributed by atoms with Crippen molar-refractivity contribution in [2.75, 3.05) is 0 Å². The fourth-order valence-corrected chi connectivity index (χ4v) is 5.06. The first-order valence-corrected chi connectivity index (χ1v) is 9.92. The van der Waals surface area contributed by atoms with E-state index in [9.17, 15) is 14.4 Å². The van der Waals surface area contributed by atoms with E-state index in [0.717, 1.165) is 42.5 Å². The summed E-state index contributed by atoms with van der Waals surface area (Å²) in [5.74, 6) is 0.0172. The number of H-pyrrole nitrogens is 2. The molecule has 3 aromatic rings. The fourth-order valence-electron chi connectivity index (χ4n) is 5.06. The zero-order chi connectivity index (χ0) is 20.2. The van der Waals surface area contributed by atoms with Gasteiger partial charge in [0.05, 0.1) is 11.1 Å². The molecule has 0 aliphatic heterocycles. The van der Waals surface area contributed by atoms with Crippen molar-refractivity contribution in [1.29, 1.82) is 0 Å². The maximum Gasteiger partial charge on any atom is 0.272 e. The van der Waals surface area contributed by atoms with Gasteiger partial charge in [0.25, 0.3) is 17.0 Å². The number of pyridine rings is 1. The van der Waals surface area contributed by atoms with Gasteiger partial charge >= 0.3 is 0 Å². The van der Waals surface area contributed by atoms with Gasteiger partial charge in [-0.3, -0.25) is 14.4 Å². The summed E-state index contributed by atoms with van der Waals surface area (Å²) in [6.07, 6.45) is 3.85. The van der Waals surface area contributed by atoms with Crippen molar-refractivity contribution < 1.29 is 4.79 Å². The van der Waals surface area contributed by atoms with Gasteiger partial charge in [-0.1, -0.05) is 18.2 Å². The third-order valence-corrected chi connectivity index (χ3v) is 6.47. The molecule has 1 aromatic carbocycles. The number of rotatable bonds is 3. The minimum Gasteiger partial charge on any atom is -0.349 e. The molecule has 0 saturated heterocycles. The first kappa shape index (κ1) is 17.8. The number of aromatic amines is 2. The molecule has 1 amide bonds. The highest BCUT2D eigenvalue weighted by molar-refractivity contribution is 5.94. The number of carbonyl (C=O) groups is 1. The van der Waals surface area contributed by atoms with Gasteiger partial charge < -0.3 is 10.3 Å². The van der Waals surface area contributed by atoms with E-state index in [1.54, 1.807) is 19.1 Å². The highest BCUT2D eigenvalue weighted by atomic mass is 16.2. The summed E-state index contributed by atoms with van der Waals surface area (Å²) in [6.45, 7) is 1.78. The predicted molar refractivity (Wildman–Crippen MR) is 109 cm³/mol. The Kier molecular flexibility index (Phi) is 3.94. The molecule has 2 aromatic heterocycles. The number of nitrogens with zero attached hydrogens (tertiary/aromatic N) is 1. The molecule has 2 saturated carbocycles. The van der Waals surface area contributed by atoms with Crippen LogP contribution in [0.1, 0.15) is 53.3 Å². The molecular weight excluding hydrogens is 368 g/mol. The van der Waals surface area contributed by atoms with Gasteiger partial charge in [0, 0.05) is 23.0 Å². The summed E-state index contributed by atoms with van der Waals surface area (Å²) in [6, 6.07) is 11.0. The van der Waals surface area contributed by atoms with E-state index in [-0.39, 0.29) is 34.0 Å². The Labute approximate surface area is 166 Å². The molecule has 2 aliphatic carbocycles. The molecule has 7 nitrogen and oxygen atoms in total. The third-order valence-electron chi connectivity index (χ3n) is 6.47. The zero-order valence-electron chi connectivity index (χ0n) is 16.1. The van der Waals surface area contributed by atoms with Crippen molar-refractivity contribution in [2.45, 2.75) is 44.6 Å². The van der Waals surface area contributed by atoms with Crippen molar-refractivity contribution in [1.82, 2.24) is 20.5 Å². The van der Waals surface area contributed by atoms with Crippen LogP contribution in [-0.4, -0.2) is 27.1 Å². The molecule has 0 atom stereocenters. The maximum atomic E-state index is 12.4. The van der Waals surface area contributed by atoms with Crippen LogP contribution in [0.5, 0.6) is 0 Å². The molecule has 0 radical (unpaired) electrons. The Morgan fingerprint density at radius 1 is 1.03 bits per heavy atom. The van der Waals surface area contributed by atoms with Crippen LogP contribution in [0, 0.1) is 12.3 Å². The highest BCUT2D eigenvalue weighted by Crippen LogP contribution is 2.62. The van der Waals surface area contributed by atoms with Crippen LogP contribution < -0.4 is 16.4 Å². The Hall–Kier alpha value is -3.22. The van der Waals surface area contributed by atoms with Gasteiger partial charge in [-0.25, -0.2) is 5.10 Å². The first-order valence-electron chi connectivity index (χ1n) is 9.92. The summed E-state index contributed by atoms with van der Waals surface area (Å²) < 4.78 is 0. The van der Waals surface area contributed by atoms with Crippen LogP contribution >= 0.6 is 0 Å². The minimum atomic E-state index is -0.351. The summed E-state index contributed by atoms with van der Waals surface area (Å²) in [7, 11) is 0. The van der Waals surface area contributed by atoms with Gasteiger partial charge in [-0.2, -0.15) is 5.10 Å². The monoisotopic (exact) mass is 390 g/mol. The average molecular weight is 390 g/mol. The predicted octanol–water partition coefficient (Wildman–Crippen LogP) is 2.38. The number of nitrogens with one attached hydrogen (secondary N) is 3. The molecule has 1 spiro atoms. The van der Waals surface area contributed by atoms with Gasteiger partial charge in [-0.15, -0.1) is 0 Å². The molecule has 3 N–H and O–H groups in total. The van der Waals surface area contributed by atoms with Gasteiger partial charge in [0.2, 0.25) is 0 Å². The van der Waals surface area contributed by atoms with E-state index < -0.39 is 0 Å². The second-order valence-electron chi connectivity index (χ2n) is 8.55. The number of hydrogen-bond donors (Lipinski definition) is 3. The van der Waals surface area contributed by atoms with E-state index in [0.29, 0.717) is 11.3 Å². The fraction of sp³-hybridized carbons (Fsp3) is 0.364. The lowest BCUT2D eigenvalue weighted by Gasteiger charge is -2.57. The Bertz CT molecular complexity index is 1230. The lowest BCUT2D eigenvalue weighted by atomic mass is 9.49. The molecule has 148 valence electrons. The van der Waals surface area contributed by atoms with Gasteiger partial charge in [0.1, 0.15) is 5.56 Å². The normalized spacial score (nSPS) is 25.4. The Morgan fingerprint density at radius 2 is 1.76 bits per heavy atom. The van der Waals surface area contributed by atoms with Gasteiger partial charge in [-0.05, 0) is 56.2 Å². The summed E-state index contributed by atoms with van der Waals surface area (Å²) in [4.78, 5) is 39.0. The number of aryl methyl sites for hydroxylation is 1. The van der Waals surface area contributed by atoms with Crippen molar-refractivity contribution >= 4 is 16.7 Å². The van der Waals surface area contributed by atoms with E-state index in [1.807, 2.05) is 24.3 Å². The van der Waals surface area contributed by atoms with Crippen LogP contribution in [0.25, 0.3) is 10.8 Å². The topological polar surface area (TPSA) is 108 Å². The standard InChI is InChI=1S/C22H22N4O3/c1-12-6-7-17(19(27)23-12)20(28)24-14-10-22(11-14)8-13(9-22)18-15-4-2-3-5-16(15)21(29)26-25-18/h2-7,13-14H,8-11H2,1H3,(H,23,27)(H,24,28)(H,26,29). The van der Waals surface area contributed by atoms with Crippen LogP contribution in [0.4, 0.5) is 0 Å². The van der Waals surface area contributed by atoms with Crippen LogP contribution in [0.2, 0.25) is 0 Å². The van der Waals surface area contributed by atoms with E-state index in [1.165, 1.54) is 0 Å². The summed E-state index contributed by atoms with van der Waals surface area (Å²) in [5, 5.41) is 11.5. The van der Waals surface area contributed by atoms with Crippen molar-refractivity contribution in [3.8, 4) is 0 Å². The molecule has 7 heteroatoms. The quantitative estimate of drug-likeness (QED) is 0.638. The third kappa shape index (κ3) is 2.97. The molecule has 29 heavy (non-hydrogen) atoms. The number of fused-ring (bicyclic) bond motifs is 1. The molecule has 0 unspecified atom stereocenters. The largest absolute Gasteiger partial charge is 0.349 e. The zero-order valence-corrected chi connectivity index (χ0v) is 16.1. The summed E-state index contributed by atoms with van der Waals surface area (Å²) >= 11 is 0. The first-order chi connectivity index (χ1) is 13.9. The minimum absolute atomic E-state index is 0.101. The second kappa shape index (κ2) is 6.40. The lowest BCUT2D eigenvalue weighted by molar-refractivity contribution is -0.0196. The maximum absolute atomic E-state index is 12.4. The van der Waals surface area contributed by atoms with E-state index >= 15 is 0 Å². The van der Waals surface area contributed by atoms with E-state index in [2.05, 4.69) is 20.5 Å². The van der Waals surface area contributed by atoms with Crippen LogP contribution in [-0.2, 0) is 0 Å². The smallest absolute Gasteiger partial charge is 0.272 e. The SMILES string of the molecule is Cc1ccc(C(=O)NC2CC3(C2)CC(c2n[nH]c(=O)c4ccccc24)C3)c(=O)[nH]1. The summed E-state index contributed by atoms with van der Waals surface area (Å²) in [5.41, 5.74) is 1.59. The number of carbonyl (C=O) groups excluding carboxylic acids is 1.